The number of carboxylic acids is 1. The monoisotopic (exact) mass is 344 g/mol. The van der Waals surface area contributed by atoms with E-state index in [1.807, 2.05) is 6.08 Å². The van der Waals surface area contributed by atoms with E-state index in [0.717, 1.165) is 12.8 Å². The zero-order valence-corrected chi connectivity index (χ0v) is 17.7. The summed E-state index contributed by atoms with van der Waals surface area (Å²) < 4.78 is 5.46. The topological polar surface area (TPSA) is 52.7 Å². The van der Waals surface area contributed by atoms with E-state index in [1.165, 1.54) is 51.4 Å². The van der Waals surface area contributed by atoms with E-state index in [4.69, 9.17) is 4.74 Å². The number of allylic oxidation sites excluding steroid dienone is 3. The van der Waals surface area contributed by atoms with Crippen molar-refractivity contribution in [1.82, 2.24) is 0 Å². The average Bonchev–Trinajstić information content (AvgIpc) is 3.26. The molecule has 1 saturated heterocycles. The summed E-state index contributed by atoms with van der Waals surface area (Å²) in [5.74, 6) is -0.971. The summed E-state index contributed by atoms with van der Waals surface area (Å²) in [5.41, 5.74) is 0. The van der Waals surface area contributed by atoms with Gasteiger partial charge in [-0.2, -0.15) is 0 Å². The van der Waals surface area contributed by atoms with Crippen LogP contribution in [0.1, 0.15) is 84.0 Å². The first-order chi connectivity index (χ1) is 11.2. The Hall–Kier alpha value is -0.0900. The molecule has 0 aromatic rings. The molecule has 0 saturated carbocycles. The molecule has 3 nitrogen and oxygen atoms in total. The van der Waals surface area contributed by atoms with Crippen LogP contribution in [0.15, 0.2) is 24.3 Å². The Balaban J connectivity index is 0.00000529. The number of rotatable bonds is 15. The van der Waals surface area contributed by atoms with Crippen LogP contribution in [0.25, 0.3) is 0 Å². The number of carbonyl (C=O) groups is 1. The molecule has 4 heteroatoms. The molecule has 1 aliphatic rings. The molecule has 0 aromatic carbocycles. The first kappa shape index (κ1) is 23.9. The van der Waals surface area contributed by atoms with Crippen LogP contribution in [0.4, 0.5) is 0 Å². The molecule has 2 atom stereocenters. The Morgan fingerprint density at radius 2 is 1.67 bits per heavy atom. The Morgan fingerprint density at radius 1 is 1.00 bits per heavy atom. The SMILES string of the molecule is CCCCCCCCCC/C=C/C=C/C1OC1CCCC(=O)[O-].[Na+]. The van der Waals surface area contributed by atoms with Crippen molar-refractivity contribution in [3.63, 3.8) is 0 Å². The number of ether oxygens (including phenoxy) is 1. The fourth-order valence-electron chi connectivity index (χ4n) is 2.75. The van der Waals surface area contributed by atoms with Crippen LogP contribution in [0.2, 0.25) is 0 Å². The summed E-state index contributed by atoms with van der Waals surface area (Å²) in [7, 11) is 0. The van der Waals surface area contributed by atoms with E-state index in [0.29, 0.717) is 6.42 Å². The molecule has 0 amide bonds. The van der Waals surface area contributed by atoms with E-state index in [-0.39, 0.29) is 48.2 Å². The number of unbranched alkanes of at least 4 members (excludes halogenated alkanes) is 8. The molecule has 1 aliphatic heterocycles. The van der Waals surface area contributed by atoms with Crippen LogP contribution >= 0.6 is 0 Å². The number of epoxide rings is 1. The molecule has 24 heavy (non-hydrogen) atoms. The molecule has 0 aromatic heterocycles. The van der Waals surface area contributed by atoms with E-state index < -0.39 is 5.97 Å². The summed E-state index contributed by atoms with van der Waals surface area (Å²) >= 11 is 0. The normalized spacial score (nSPS) is 19.7. The van der Waals surface area contributed by atoms with Gasteiger partial charge in [-0.15, -0.1) is 0 Å². The van der Waals surface area contributed by atoms with Gasteiger partial charge < -0.3 is 14.6 Å². The van der Waals surface area contributed by atoms with Crippen LogP contribution in [0.3, 0.4) is 0 Å². The number of hydrogen-bond donors (Lipinski definition) is 0. The van der Waals surface area contributed by atoms with Crippen molar-refractivity contribution in [3.8, 4) is 0 Å². The van der Waals surface area contributed by atoms with Gasteiger partial charge in [0.05, 0.1) is 6.10 Å². The standard InChI is InChI=1S/C20H34O3.Na/c1-2-3-4-5-6-7-8-9-10-11-12-13-15-18-19(23-18)16-14-17-20(21)22;/h11-13,15,18-19H,2-10,14,16-17H2,1H3,(H,21,22);/q;+1/p-1/b12-11+,15-13+;. The second-order valence-electron chi connectivity index (χ2n) is 6.48. The molecule has 2 unspecified atom stereocenters. The summed E-state index contributed by atoms with van der Waals surface area (Å²) in [6, 6.07) is 0. The van der Waals surface area contributed by atoms with Gasteiger partial charge >= 0.3 is 29.6 Å². The Kier molecular flexibility index (Phi) is 16.3. The Morgan fingerprint density at radius 3 is 2.33 bits per heavy atom. The average molecular weight is 344 g/mol. The molecular weight excluding hydrogens is 311 g/mol. The van der Waals surface area contributed by atoms with Gasteiger partial charge in [-0.1, -0.05) is 76.2 Å². The van der Waals surface area contributed by atoms with Crippen LogP contribution in [0, 0.1) is 0 Å². The van der Waals surface area contributed by atoms with Gasteiger partial charge in [0, 0.05) is 5.97 Å². The maximum atomic E-state index is 10.3. The molecule has 132 valence electrons. The number of carbonyl (C=O) groups excluding carboxylic acids is 1. The first-order valence-electron chi connectivity index (χ1n) is 9.42. The molecule has 0 spiro atoms. The predicted molar refractivity (Wildman–Crippen MR) is 93.0 cm³/mol. The van der Waals surface area contributed by atoms with Gasteiger partial charge in [-0.3, -0.25) is 0 Å². The summed E-state index contributed by atoms with van der Waals surface area (Å²) in [5, 5.41) is 10.3. The van der Waals surface area contributed by atoms with Crippen molar-refractivity contribution in [2.24, 2.45) is 0 Å². The zero-order chi connectivity index (χ0) is 16.8. The van der Waals surface area contributed by atoms with Gasteiger partial charge in [0.1, 0.15) is 6.10 Å². The van der Waals surface area contributed by atoms with Gasteiger partial charge in [0.25, 0.3) is 0 Å². The van der Waals surface area contributed by atoms with Crippen molar-refractivity contribution in [3.05, 3.63) is 24.3 Å². The second kappa shape index (κ2) is 16.4. The predicted octanol–water partition coefficient (Wildman–Crippen LogP) is 1.32. The fourth-order valence-corrected chi connectivity index (χ4v) is 2.75. The third-order valence-corrected chi connectivity index (χ3v) is 4.26. The third-order valence-electron chi connectivity index (χ3n) is 4.26. The van der Waals surface area contributed by atoms with E-state index in [1.54, 1.807) is 0 Å². The van der Waals surface area contributed by atoms with Crippen molar-refractivity contribution in [2.75, 3.05) is 0 Å². The van der Waals surface area contributed by atoms with Gasteiger partial charge in [0.15, 0.2) is 0 Å². The summed E-state index contributed by atoms with van der Waals surface area (Å²) in [4.78, 5) is 10.3. The van der Waals surface area contributed by atoms with Crippen LogP contribution in [0.5, 0.6) is 0 Å². The molecular formula is C20H33NaO3. The van der Waals surface area contributed by atoms with Crippen molar-refractivity contribution in [2.45, 2.75) is 96.2 Å². The van der Waals surface area contributed by atoms with Crippen molar-refractivity contribution < 1.29 is 44.2 Å². The number of aliphatic carboxylic acids is 1. The molecule has 0 radical (unpaired) electrons. The van der Waals surface area contributed by atoms with Crippen LogP contribution < -0.4 is 34.7 Å². The van der Waals surface area contributed by atoms with Crippen molar-refractivity contribution >= 4 is 5.97 Å². The third kappa shape index (κ3) is 14.3. The molecule has 0 N–H and O–H groups in total. The minimum atomic E-state index is -0.971. The van der Waals surface area contributed by atoms with E-state index in [2.05, 4.69) is 25.2 Å². The maximum absolute atomic E-state index is 10.3. The minimum absolute atomic E-state index is 0. The summed E-state index contributed by atoms with van der Waals surface area (Å²) in [6.07, 6.45) is 22.5. The minimum Gasteiger partial charge on any atom is -0.550 e. The molecule has 0 aliphatic carbocycles. The van der Waals surface area contributed by atoms with E-state index >= 15 is 0 Å². The van der Waals surface area contributed by atoms with Crippen LogP contribution in [-0.4, -0.2) is 18.2 Å². The van der Waals surface area contributed by atoms with Crippen LogP contribution in [-0.2, 0) is 9.53 Å². The second-order valence-corrected chi connectivity index (χ2v) is 6.48. The van der Waals surface area contributed by atoms with Gasteiger partial charge in [-0.05, 0) is 32.1 Å². The van der Waals surface area contributed by atoms with Crippen molar-refractivity contribution in [1.29, 1.82) is 0 Å². The molecule has 1 rings (SSSR count). The largest absolute Gasteiger partial charge is 1.00 e. The Bertz CT molecular complexity index is 366. The number of carboxylic acid groups (broad SMARTS) is 1. The molecule has 0 bridgehead atoms. The maximum Gasteiger partial charge on any atom is 1.00 e. The fraction of sp³-hybridized carbons (Fsp3) is 0.750. The quantitative estimate of drug-likeness (QED) is 0.195. The van der Waals surface area contributed by atoms with Gasteiger partial charge in [-0.25, -0.2) is 0 Å². The summed E-state index contributed by atoms with van der Waals surface area (Å²) in [6.45, 7) is 2.26. The smallest absolute Gasteiger partial charge is 0.550 e. The Labute approximate surface area is 170 Å². The number of hydrogen-bond acceptors (Lipinski definition) is 3. The first-order valence-corrected chi connectivity index (χ1v) is 9.42. The molecule has 1 fully saturated rings. The van der Waals surface area contributed by atoms with Gasteiger partial charge in [0.2, 0.25) is 0 Å². The molecule has 1 heterocycles. The zero-order valence-electron chi connectivity index (χ0n) is 15.7. The van der Waals surface area contributed by atoms with E-state index in [9.17, 15) is 9.90 Å².